The molecule has 12 heteroatoms. The van der Waals surface area contributed by atoms with Gasteiger partial charge < -0.3 is 14.8 Å². The average molecular weight is 530 g/mol. The molecular formula is C24H39N3O8S. The molecule has 4 rings (SSSR count). The summed E-state index contributed by atoms with van der Waals surface area (Å²) < 4.78 is 38.0. The van der Waals surface area contributed by atoms with Crippen LogP contribution in [0.4, 0.5) is 4.79 Å². The van der Waals surface area contributed by atoms with Crippen LogP contribution in [-0.2, 0) is 33.9 Å². The van der Waals surface area contributed by atoms with Crippen LogP contribution in [0.1, 0.15) is 67.2 Å². The second-order valence-corrected chi connectivity index (χ2v) is 13.8. The Morgan fingerprint density at radius 2 is 1.86 bits per heavy atom. The monoisotopic (exact) mass is 529 g/mol. The fourth-order valence-corrected chi connectivity index (χ4v) is 9.29. The van der Waals surface area contributed by atoms with E-state index in [4.69, 9.17) is 14.3 Å². The molecule has 2 heterocycles. The van der Waals surface area contributed by atoms with Crippen molar-refractivity contribution >= 4 is 28.0 Å². The number of alkyl carbamates (subject to hydrolysis) is 1. The SMILES string of the molecule is CCOC(=O)CN1O[C@@H](C(=O)N2[C@@H]3C[C@H]4CC[C@]3(CS2(=O)=O)C4(C)C)C[C@@H]1CNC(=O)OC(C)(C)C. The van der Waals surface area contributed by atoms with Crippen molar-refractivity contribution < 1.29 is 37.1 Å². The van der Waals surface area contributed by atoms with E-state index in [1.165, 1.54) is 5.06 Å². The van der Waals surface area contributed by atoms with Crippen LogP contribution < -0.4 is 5.32 Å². The van der Waals surface area contributed by atoms with Crippen molar-refractivity contribution in [2.45, 2.75) is 91.0 Å². The number of nitrogens with one attached hydrogen (secondary N) is 1. The first kappa shape index (κ1) is 27.1. The van der Waals surface area contributed by atoms with E-state index in [0.717, 1.165) is 17.1 Å². The maximum absolute atomic E-state index is 13.7. The predicted molar refractivity (Wildman–Crippen MR) is 129 cm³/mol. The Morgan fingerprint density at radius 1 is 1.17 bits per heavy atom. The second-order valence-electron chi connectivity index (χ2n) is 12.0. The zero-order chi connectivity index (χ0) is 26.7. The van der Waals surface area contributed by atoms with Gasteiger partial charge in [0.15, 0.2) is 6.10 Å². The molecule has 5 atom stereocenters. The molecule has 2 saturated carbocycles. The molecule has 2 aliphatic carbocycles. The highest BCUT2D eigenvalue weighted by atomic mass is 32.2. The van der Waals surface area contributed by atoms with Crippen LogP contribution >= 0.6 is 0 Å². The summed E-state index contributed by atoms with van der Waals surface area (Å²) in [5.74, 6) is -0.795. The smallest absolute Gasteiger partial charge is 0.407 e. The molecule has 0 aromatic heterocycles. The molecule has 1 spiro atoms. The summed E-state index contributed by atoms with van der Waals surface area (Å²) >= 11 is 0. The highest BCUT2D eigenvalue weighted by Gasteiger charge is 2.72. The third kappa shape index (κ3) is 4.60. The molecule has 0 aromatic carbocycles. The van der Waals surface area contributed by atoms with E-state index in [-0.39, 0.29) is 43.3 Å². The van der Waals surface area contributed by atoms with Crippen molar-refractivity contribution in [2.24, 2.45) is 16.7 Å². The summed E-state index contributed by atoms with van der Waals surface area (Å²) in [6.45, 7) is 11.1. The molecule has 1 N–H and O–H groups in total. The van der Waals surface area contributed by atoms with E-state index in [0.29, 0.717) is 12.3 Å². The van der Waals surface area contributed by atoms with Crippen LogP contribution in [0.2, 0.25) is 0 Å². The van der Waals surface area contributed by atoms with Gasteiger partial charge in [-0.2, -0.15) is 5.06 Å². The maximum atomic E-state index is 13.7. The normalized spacial score (nSPS) is 34.4. The summed E-state index contributed by atoms with van der Waals surface area (Å²) in [5, 5.41) is 3.96. The lowest BCUT2D eigenvalue weighted by Crippen LogP contribution is -2.48. The van der Waals surface area contributed by atoms with Crippen LogP contribution in [0, 0.1) is 16.7 Å². The molecule has 4 aliphatic rings. The number of rotatable bonds is 6. The van der Waals surface area contributed by atoms with E-state index in [2.05, 4.69) is 19.2 Å². The lowest BCUT2D eigenvalue weighted by molar-refractivity contribution is -0.188. The Hall–Kier alpha value is -1.92. The molecule has 2 amide bonds. The van der Waals surface area contributed by atoms with E-state index >= 15 is 0 Å². The largest absolute Gasteiger partial charge is 0.465 e. The van der Waals surface area contributed by atoms with Crippen LogP contribution in [0.3, 0.4) is 0 Å². The Morgan fingerprint density at radius 3 is 2.47 bits per heavy atom. The standard InChI is InChI=1S/C24H39N3O8S/c1-7-33-19(28)13-26-16(12-25-21(30)34-22(2,3)4)11-17(35-26)20(29)27-18-10-15-8-9-24(18,23(15,5)6)14-36(27,31)32/h15-18H,7-14H2,1-6H3,(H,25,30)/t15-,16-,17-,18-,24-/m1/s1. The van der Waals surface area contributed by atoms with Gasteiger partial charge in [0.25, 0.3) is 5.91 Å². The highest BCUT2D eigenvalue weighted by molar-refractivity contribution is 7.90. The highest BCUT2D eigenvalue weighted by Crippen LogP contribution is 2.70. The number of hydroxylamine groups is 2. The fourth-order valence-electron chi connectivity index (χ4n) is 6.72. The first-order chi connectivity index (χ1) is 16.6. The third-order valence-corrected chi connectivity index (χ3v) is 10.4. The van der Waals surface area contributed by atoms with Crippen molar-refractivity contribution in [1.82, 2.24) is 14.7 Å². The first-order valence-corrected chi connectivity index (χ1v) is 14.3. The van der Waals surface area contributed by atoms with Gasteiger partial charge in [-0.1, -0.05) is 13.8 Å². The number of ether oxygens (including phenoxy) is 2. The van der Waals surface area contributed by atoms with Crippen LogP contribution in [0.25, 0.3) is 0 Å². The van der Waals surface area contributed by atoms with Gasteiger partial charge in [0.1, 0.15) is 12.1 Å². The molecule has 2 saturated heterocycles. The Balaban J connectivity index is 1.50. The molecule has 204 valence electrons. The lowest BCUT2D eigenvalue weighted by atomic mass is 9.69. The second kappa shape index (κ2) is 9.13. The van der Waals surface area contributed by atoms with Gasteiger partial charge in [0.2, 0.25) is 10.0 Å². The number of nitrogens with zero attached hydrogens (tertiary/aromatic N) is 2. The number of carbonyl (C=O) groups is 3. The van der Waals surface area contributed by atoms with Crippen LogP contribution in [-0.4, -0.2) is 85.0 Å². The number of amides is 2. The maximum Gasteiger partial charge on any atom is 0.407 e. The molecule has 0 aromatic rings. The average Bonchev–Trinajstić information content (AvgIpc) is 3.37. The number of carbonyl (C=O) groups excluding carboxylic acids is 3. The molecule has 0 radical (unpaired) electrons. The van der Waals surface area contributed by atoms with Gasteiger partial charge in [0.05, 0.1) is 24.4 Å². The zero-order valence-electron chi connectivity index (χ0n) is 22.0. The van der Waals surface area contributed by atoms with E-state index in [1.54, 1.807) is 27.7 Å². The van der Waals surface area contributed by atoms with Crippen LogP contribution in [0.15, 0.2) is 0 Å². The summed E-state index contributed by atoms with van der Waals surface area (Å²) in [7, 11) is -3.81. The fraction of sp³-hybridized carbons (Fsp3) is 0.875. The van der Waals surface area contributed by atoms with Crippen molar-refractivity contribution in [1.29, 1.82) is 0 Å². The predicted octanol–water partition coefficient (Wildman–Crippen LogP) is 1.82. The number of hydrogen-bond acceptors (Lipinski definition) is 9. The van der Waals surface area contributed by atoms with Crippen molar-refractivity contribution in [3.8, 4) is 0 Å². The number of sulfonamides is 1. The molecule has 36 heavy (non-hydrogen) atoms. The van der Waals surface area contributed by atoms with Crippen molar-refractivity contribution in [2.75, 3.05) is 25.4 Å². The molecule has 4 fully saturated rings. The summed E-state index contributed by atoms with van der Waals surface area (Å²) in [6, 6.07) is -0.920. The molecule has 2 bridgehead atoms. The van der Waals surface area contributed by atoms with Gasteiger partial charge >= 0.3 is 12.1 Å². The van der Waals surface area contributed by atoms with Gasteiger partial charge in [-0.25, -0.2) is 17.5 Å². The third-order valence-electron chi connectivity index (χ3n) is 8.53. The zero-order valence-corrected chi connectivity index (χ0v) is 22.9. The number of fused-ring (bicyclic) bond motifs is 1. The molecule has 0 unspecified atom stereocenters. The van der Waals surface area contributed by atoms with Gasteiger partial charge in [-0.3, -0.25) is 14.4 Å². The summed E-state index contributed by atoms with van der Waals surface area (Å²) in [6.07, 6.45) is 0.834. The van der Waals surface area contributed by atoms with Gasteiger partial charge in [-0.15, -0.1) is 0 Å². The molecular weight excluding hydrogens is 490 g/mol. The van der Waals surface area contributed by atoms with E-state index < -0.39 is 51.2 Å². The van der Waals surface area contributed by atoms with Crippen molar-refractivity contribution in [3.05, 3.63) is 0 Å². The minimum Gasteiger partial charge on any atom is -0.465 e. The van der Waals surface area contributed by atoms with E-state index in [1.807, 2.05) is 0 Å². The topological polar surface area (TPSA) is 132 Å². The summed E-state index contributed by atoms with van der Waals surface area (Å²) in [4.78, 5) is 43.9. The van der Waals surface area contributed by atoms with Crippen molar-refractivity contribution in [3.63, 3.8) is 0 Å². The minimum atomic E-state index is -3.81. The Kier molecular flexibility index (Phi) is 6.88. The Bertz CT molecular complexity index is 1020. The van der Waals surface area contributed by atoms with Gasteiger partial charge in [-0.05, 0) is 58.3 Å². The molecule has 11 nitrogen and oxygen atoms in total. The minimum absolute atomic E-state index is 0.0250. The first-order valence-electron chi connectivity index (χ1n) is 12.7. The van der Waals surface area contributed by atoms with E-state index in [9.17, 15) is 22.8 Å². The van der Waals surface area contributed by atoms with Gasteiger partial charge in [0, 0.05) is 18.4 Å². The Labute approximate surface area is 213 Å². The summed E-state index contributed by atoms with van der Waals surface area (Å²) in [5.41, 5.74) is -1.28. The van der Waals surface area contributed by atoms with Crippen LogP contribution in [0.5, 0.6) is 0 Å². The lowest BCUT2D eigenvalue weighted by Gasteiger charge is -2.37. The number of hydrogen-bond donors (Lipinski definition) is 1. The quantitative estimate of drug-likeness (QED) is 0.512. The molecule has 2 aliphatic heterocycles. The number of esters is 1.